The third-order valence-electron chi connectivity index (χ3n) is 15.6. The Morgan fingerprint density at radius 1 is 0.892 bits per heavy atom. The summed E-state index contributed by atoms with van der Waals surface area (Å²) in [6.45, 7) is 22.9. The average Bonchev–Trinajstić information content (AvgIpc) is 4.13. The van der Waals surface area contributed by atoms with Gasteiger partial charge in [0.15, 0.2) is 5.82 Å². The van der Waals surface area contributed by atoms with E-state index in [-0.39, 0.29) is 73.7 Å². The van der Waals surface area contributed by atoms with Crippen LogP contribution in [0.3, 0.4) is 0 Å². The second-order valence-corrected chi connectivity index (χ2v) is 24.4. The third kappa shape index (κ3) is 11.0. The Morgan fingerprint density at radius 2 is 1.58 bits per heavy atom. The molecule has 0 aliphatic carbocycles. The number of hydrogen-bond donors (Lipinski definition) is 3. The van der Waals surface area contributed by atoms with Gasteiger partial charge in [0, 0.05) is 78.3 Å². The van der Waals surface area contributed by atoms with Crippen LogP contribution in [0.25, 0.3) is 15.4 Å². The molecule has 7 heterocycles. The lowest BCUT2D eigenvalue weighted by Gasteiger charge is -2.49. The zero-order valence-electron chi connectivity index (χ0n) is 44.2. The van der Waals surface area contributed by atoms with Crippen molar-refractivity contribution in [3.63, 3.8) is 0 Å². The van der Waals surface area contributed by atoms with Gasteiger partial charge in [-0.1, -0.05) is 68.8 Å². The molecule has 3 saturated heterocycles. The normalized spacial score (nSPS) is 22.6. The second kappa shape index (κ2) is 21.7. The number of hydrogen-bond acceptors (Lipinski definition) is 13. The van der Waals surface area contributed by atoms with Crippen molar-refractivity contribution in [2.75, 3.05) is 39.3 Å². The van der Waals surface area contributed by atoms with Crippen molar-refractivity contribution >= 4 is 63.6 Å². The smallest absolute Gasteiger partial charge is 0.246 e. The minimum absolute atomic E-state index is 0.000970. The molecule has 3 aromatic heterocycles. The van der Waals surface area contributed by atoms with E-state index in [9.17, 15) is 24.3 Å². The van der Waals surface area contributed by atoms with Crippen LogP contribution in [0.15, 0.2) is 59.0 Å². The number of amides is 4. The number of piperidine rings is 1. The molecule has 16 nitrogen and oxygen atoms in total. The SMILES string of the molecule is Cc1ncsc1-c1ccc(C(C)NC(=O)[C@@H]2C[C@@H](O)CN2C(=O)[C@@H](NC(=O)CN2C[C@@H](C)N(C3CCN(C(=O)C[C@@H]4N=C(c5ccc(Cl)cc5)c5c(sc(C)c5C)-n5c(C)nnc54)CC3)C[C@@H]2C)C(C)(C)C)cc1. The quantitative estimate of drug-likeness (QED) is 0.114. The maximum Gasteiger partial charge on any atom is 0.246 e. The van der Waals surface area contributed by atoms with Gasteiger partial charge in [-0.15, -0.1) is 32.9 Å². The van der Waals surface area contributed by atoms with Crippen LogP contribution in [0, 0.1) is 33.1 Å². The maximum absolute atomic E-state index is 14.5. The number of fused-ring (bicyclic) bond motifs is 3. The molecule has 0 saturated carbocycles. The summed E-state index contributed by atoms with van der Waals surface area (Å²) in [6.07, 6.45) is 1.07. The van der Waals surface area contributed by atoms with E-state index in [4.69, 9.17) is 16.6 Å². The number of nitrogens with zero attached hydrogens (tertiary/aromatic N) is 9. The molecule has 4 aliphatic rings. The van der Waals surface area contributed by atoms with Crippen molar-refractivity contribution in [2.24, 2.45) is 10.4 Å². The van der Waals surface area contributed by atoms with Crippen molar-refractivity contribution in [1.82, 2.24) is 50.0 Å². The molecule has 4 amide bonds. The first kappa shape index (κ1) is 53.5. The zero-order valence-corrected chi connectivity index (χ0v) is 46.6. The second-order valence-electron chi connectivity index (χ2n) is 21.9. The van der Waals surface area contributed by atoms with Crippen molar-refractivity contribution in [3.8, 4) is 15.4 Å². The molecule has 74 heavy (non-hydrogen) atoms. The number of carbonyl (C=O) groups excluding carboxylic acids is 4. The minimum atomic E-state index is -0.929. The van der Waals surface area contributed by atoms with Crippen LogP contribution >= 0.6 is 34.3 Å². The lowest BCUT2D eigenvalue weighted by molar-refractivity contribution is -0.144. The van der Waals surface area contributed by atoms with Crippen LogP contribution in [-0.4, -0.2) is 149 Å². The fourth-order valence-corrected chi connectivity index (χ4v) is 13.4. The molecule has 3 N–H and O–H groups in total. The number of aliphatic imine (C=N–C) groups is 1. The fraction of sp³-hybridized carbons (Fsp3) is 0.527. The van der Waals surface area contributed by atoms with Crippen LogP contribution in [0.1, 0.15) is 124 Å². The van der Waals surface area contributed by atoms with E-state index < -0.39 is 29.6 Å². The van der Waals surface area contributed by atoms with Crippen molar-refractivity contribution < 1.29 is 24.3 Å². The number of piperazine rings is 1. The van der Waals surface area contributed by atoms with Gasteiger partial charge in [-0.2, -0.15) is 0 Å². The summed E-state index contributed by atoms with van der Waals surface area (Å²) in [7, 11) is 0. The van der Waals surface area contributed by atoms with E-state index in [1.54, 1.807) is 22.7 Å². The number of nitrogens with one attached hydrogen (secondary N) is 2. The Hall–Kier alpha value is -5.37. The molecule has 0 spiro atoms. The van der Waals surface area contributed by atoms with Crippen LogP contribution < -0.4 is 10.6 Å². The zero-order chi connectivity index (χ0) is 52.9. The van der Waals surface area contributed by atoms with Crippen LogP contribution in [-0.2, 0) is 19.2 Å². The number of halogens is 1. The van der Waals surface area contributed by atoms with Gasteiger partial charge in [-0.3, -0.25) is 38.5 Å². The average molecular weight is 1060 g/mol. The van der Waals surface area contributed by atoms with Crippen molar-refractivity contribution in [2.45, 2.75) is 143 Å². The van der Waals surface area contributed by atoms with Gasteiger partial charge in [-0.25, -0.2) is 4.98 Å². The number of benzene rings is 2. The standard InChI is InChI=1S/C55H70ClN11O5S2/c1-30-26-65(41-19-21-63(22-20-41)46(70)24-43-51-62-61-36(7)67(51)54-47(32(3)35(6)74-54)48(59-43)38-15-17-40(56)18-16-38)31(2)25-64(30)28-45(69)60-50(55(8,9)10)53(72)66-27-42(68)23-44(66)52(71)58-33(4)37-11-13-39(14-12-37)49-34(5)57-29-73-49/h11-18,29-31,33,41-44,50,68H,19-28H2,1-10H3,(H,58,71)(H,60,69)/t30-,31+,33?,42+,43-,44-,50+/m0/s1. The number of rotatable bonds is 12. The number of thiophene rings is 1. The molecule has 0 bridgehead atoms. The number of aliphatic hydroxyl groups excluding tert-OH is 1. The van der Waals surface area contributed by atoms with E-state index in [1.165, 1.54) is 9.78 Å². The van der Waals surface area contributed by atoms with E-state index in [0.29, 0.717) is 30.5 Å². The first-order valence-electron chi connectivity index (χ1n) is 25.9. The first-order chi connectivity index (χ1) is 35.2. The Bertz CT molecular complexity index is 2920. The van der Waals surface area contributed by atoms with Gasteiger partial charge >= 0.3 is 0 Å². The van der Waals surface area contributed by atoms with Crippen LogP contribution in [0.5, 0.6) is 0 Å². The monoisotopic (exact) mass is 1060 g/mol. The Kier molecular flexibility index (Phi) is 15.7. The summed E-state index contributed by atoms with van der Waals surface area (Å²) in [5.74, 6) is 0.455. The number of aromatic nitrogens is 4. The van der Waals surface area contributed by atoms with Gasteiger partial charge in [-0.05, 0) is 95.5 Å². The largest absolute Gasteiger partial charge is 0.391 e. The summed E-state index contributed by atoms with van der Waals surface area (Å²) in [5, 5.41) is 27.7. The van der Waals surface area contributed by atoms with Crippen LogP contribution in [0.2, 0.25) is 5.02 Å². The highest BCUT2D eigenvalue weighted by Gasteiger charge is 2.45. The predicted octanol–water partition coefficient (Wildman–Crippen LogP) is 7.38. The highest BCUT2D eigenvalue weighted by molar-refractivity contribution is 7.15. The van der Waals surface area contributed by atoms with Crippen molar-refractivity contribution in [3.05, 3.63) is 104 Å². The number of carbonyl (C=O) groups is 4. The topological polar surface area (TPSA) is 181 Å². The molecule has 5 aromatic rings. The van der Waals surface area contributed by atoms with E-state index in [0.717, 1.165) is 74.3 Å². The first-order valence-corrected chi connectivity index (χ1v) is 28.0. The highest BCUT2D eigenvalue weighted by Crippen LogP contribution is 2.40. The van der Waals surface area contributed by atoms with Gasteiger partial charge in [0.1, 0.15) is 29.0 Å². The number of β-amino-alcohol motifs (C(OH)–C–C–N with tert-alkyl or cyclic N) is 1. The Balaban J connectivity index is 0.792. The van der Waals surface area contributed by atoms with Gasteiger partial charge in [0.25, 0.3) is 0 Å². The maximum atomic E-state index is 14.5. The molecule has 1 unspecified atom stereocenters. The summed E-state index contributed by atoms with van der Waals surface area (Å²) < 4.78 is 2.08. The summed E-state index contributed by atoms with van der Waals surface area (Å²) in [5.41, 5.74) is 8.01. The summed E-state index contributed by atoms with van der Waals surface area (Å²) in [4.78, 5) is 76.7. The molecule has 394 valence electrons. The third-order valence-corrected chi connectivity index (χ3v) is 18.0. The van der Waals surface area contributed by atoms with Crippen LogP contribution in [0.4, 0.5) is 0 Å². The fourth-order valence-electron chi connectivity index (χ4n) is 11.2. The van der Waals surface area contributed by atoms with E-state index in [2.05, 4.69) is 67.9 Å². The molecule has 7 atom stereocenters. The Labute approximate surface area is 447 Å². The molecule has 0 radical (unpaired) electrons. The summed E-state index contributed by atoms with van der Waals surface area (Å²) in [6, 6.07) is 13.5. The van der Waals surface area contributed by atoms with E-state index >= 15 is 0 Å². The van der Waals surface area contributed by atoms with Gasteiger partial charge < -0.3 is 25.5 Å². The molecule has 9 rings (SSSR count). The minimum Gasteiger partial charge on any atom is -0.391 e. The predicted molar refractivity (Wildman–Crippen MR) is 291 cm³/mol. The molecular formula is C55H70ClN11O5S2. The highest BCUT2D eigenvalue weighted by atomic mass is 35.5. The van der Waals surface area contributed by atoms with Crippen molar-refractivity contribution in [1.29, 1.82) is 0 Å². The molecule has 3 fully saturated rings. The molecule has 4 aliphatic heterocycles. The number of thiazole rings is 1. The number of aliphatic hydroxyl groups is 1. The summed E-state index contributed by atoms with van der Waals surface area (Å²) >= 11 is 9.59. The number of likely N-dealkylation sites (tertiary alicyclic amines) is 2. The number of aryl methyl sites for hydroxylation is 3. The Morgan fingerprint density at radius 3 is 2.24 bits per heavy atom. The lowest BCUT2D eigenvalue weighted by atomic mass is 9.85. The molecule has 19 heteroatoms. The molecule has 2 aromatic carbocycles. The lowest BCUT2D eigenvalue weighted by Crippen LogP contribution is -2.63. The van der Waals surface area contributed by atoms with E-state index in [1.807, 2.05) is 100 Å². The van der Waals surface area contributed by atoms with Gasteiger partial charge in [0.2, 0.25) is 23.6 Å². The van der Waals surface area contributed by atoms with Gasteiger partial charge in [0.05, 0.1) is 46.9 Å². The molecular weight excluding hydrogens is 994 g/mol.